The molecule has 6 heteroatoms. The highest BCUT2D eigenvalue weighted by molar-refractivity contribution is 6.10. The van der Waals surface area contributed by atoms with E-state index in [1.54, 1.807) is 0 Å². The van der Waals surface area contributed by atoms with Gasteiger partial charge in [0.1, 0.15) is 11.6 Å². The van der Waals surface area contributed by atoms with Crippen LogP contribution in [0.4, 0.5) is 0 Å². The molecule has 4 aromatic rings. The summed E-state index contributed by atoms with van der Waals surface area (Å²) in [4.78, 5) is 19.6. The lowest BCUT2D eigenvalue weighted by Crippen LogP contribution is -2.41. The maximum absolute atomic E-state index is 14.0. The highest BCUT2D eigenvalue weighted by atomic mass is 16.1. The molecule has 6 rings (SSSR count). The number of ketones is 1. The van der Waals surface area contributed by atoms with Gasteiger partial charge in [0.15, 0.2) is 5.78 Å². The third kappa shape index (κ3) is 3.26. The zero-order valence-corrected chi connectivity index (χ0v) is 18.1. The minimum atomic E-state index is -0.306. The van der Waals surface area contributed by atoms with E-state index in [4.69, 9.17) is 0 Å². The number of para-hydroxylation sites is 1. The van der Waals surface area contributed by atoms with Crippen molar-refractivity contribution in [3.05, 3.63) is 83.6 Å². The van der Waals surface area contributed by atoms with E-state index in [-0.39, 0.29) is 11.8 Å². The number of benzene rings is 2. The molecule has 0 bridgehead atoms. The van der Waals surface area contributed by atoms with Crippen LogP contribution in [-0.4, -0.2) is 43.5 Å². The number of carbonyl (C=O) groups is 1. The lowest BCUT2D eigenvalue weighted by molar-refractivity contribution is 0.0760. The van der Waals surface area contributed by atoms with E-state index in [1.807, 2.05) is 48.7 Å². The molecule has 0 amide bonds. The minimum Gasteiger partial charge on any atom is -0.360 e. The smallest absolute Gasteiger partial charge is 0.186 e. The van der Waals surface area contributed by atoms with Gasteiger partial charge in [-0.15, -0.1) is 10.2 Å². The second kappa shape index (κ2) is 8.02. The van der Waals surface area contributed by atoms with Crippen LogP contribution in [0.3, 0.4) is 0 Å². The first-order valence-corrected chi connectivity index (χ1v) is 11.6. The number of rotatable bonds is 5. The first-order valence-electron chi connectivity index (χ1n) is 11.6. The molecule has 0 radical (unpaired) electrons. The molecule has 6 nitrogen and oxygen atoms in total. The predicted molar refractivity (Wildman–Crippen MR) is 124 cm³/mol. The Bertz CT molecular complexity index is 1260. The van der Waals surface area contributed by atoms with Crippen molar-refractivity contribution in [3.8, 4) is 0 Å². The quantitative estimate of drug-likeness (QED) is 0.478. The van der Waals surface area contributed by atoms with Crippen LogP contribution >= 0.6 is 0 Å². The Morgan fingerprint density at radius 3 is 2.75 bits per heavy atom. The highest BCUT2D eigenvalue weighted by Crippen LogP contribution is 2.35. The Morgan fingerprint density at radius 2 is 1.84 bits per heavy atom. The topological polar surface area (TPSA) is 66.8 Å². The molecule has 0 spiro atoms. The summed E-state index contributed by atoms with van der Waals surface area (Å²) >= 11 is 0. The summed E-state index contributed by atoms with van der Waals surface area (Å²) in [6.45, 7) is 2.75. The van der Waals surface area contributed by atoms with E-state index < -0.39 is 0 Å². The van der Waals surface area contributed by atoms with E-state index in [9.17, 15) is 4.79 Å². The molecule has 32 heavy (non-hydrogen) atoms. The van der Waals surface area contributed by atoms with Crippen molar-refractivity contribution in [2.75, 3.05) is 13.1 Å². The molecule has 2 aliphatic heterocycles. The lowest BCUT2D eigenvalue weighted by Gasteiger charge is -2.37. The number of Topliss-reactive ketones (excluding diaryl/α,β-unsaturated/α-hetero) is 1. The van der Waals surface area contributed by atoms with E-state index in [0.717, 1.165) is 79.0 Å². The molecular weight excluding hydrogens is 398 g/mol. The van der Waals surface area contributed by atoms with Crippen molar-refractivity contribution in [1.82, 2.24) is 24.6 Å². The molecule has 1 fully saturated rings. The number of aromatic amines is 1. The van der Waals surface area contributed by atoms with Gasteiger partial charge in [-0.3, -0.25) is 9.69 Å². The van der Waals surface area contributed by atoms with Crippen LogP contribution in [0.1, 0.15) is 58.8 Å². The number of hydrogen-bond donors (Lipinski definition) is 1. The largest absolute Gasteiger partial charge is 0.360 e. The van der Waals surface area contributed by atoms with Crippen LogP contribution in [0.5, 0.6) is 0 Å². The first kappa shape index (κ1) is 19.4. The van der Waals surface area contributed by atoms with Crippen molar-refractivity contribution in [2.24, 2.45) is 0 Å². The van der Waals surface area contributed by atoms with Crippen molar-refractivity contribution < 1.29 is 4.79 Å². The van der Waals surface area contributed by atoms with Gasteiger partial charge >= 0.3 is 0 Å². The van der Waals surface area contributed by atoms with E-state index in [1.165, 1.54) is 0 Å². The van der Waals surface area contributed by atoms with Crippen molar-refractivity contribution in [2.45, 2.75) is 44.2 Å². The van der Waals surface area contributed by atoms with Crippen molar-refractivity contribution >= 4 is 16.7 Å². The average molecular weight is 426 g/mol. The predicted octanol–water partition coefficient (Wildman–Crippen LogP) is 4.51. The van der Waals surface area contributed by atoms with E-state index in [2.05, 4.69) is 36.8 Å². The monoisotopic (exact) mass is 425 g/mol. The fraction of sp³-hybridized carbons (Fsp3) is 0.346. The Labute approximate surface area is 187 Å². The fourth-order valence-electron chi connectivity index (χ4n) is 5.51. The molecule has 2 aromatic heterocycles. The van der Waals surface area contributed by atoms with Gasteiger partial charge < -0.3 is 9.55 Å². The van der Waals surface area contributed by atoms with Gasteiger partial charge in [-0.25, -0.2) is 0 Å². The summed E-state index contributed by atoms with van der Waals surface area (Å²) < 4.78 is 2.31. The number of likely N-dealkylation sites (tertiary alicyclic amines) is 1. The Balaban J connectivity index is 1.36. The second-order valence-corrected chi connectivity index (χ2v) is 8.99. The van der Waals surface area contributed by atoms with Gasteiger partial charge in [0.05, 0.1) is 6.04 Å². The number of H-pyrrole nitrogens is 1. The molecule has 0 aliphatic carbocycles. The third-order valence-corrected chi connectivity index (χ3v) is 7.04. The van der Waals surface area contributed by atoms with Gasteiger partial charge in [-0.2, -0.15) is 0 Å². The molecular formula is C26H27N5O. The molecule has 2 aromatic carbocycles. The molecule has 0 saturated carbocycles. The number of piperidine rings is 1. The zero-order valence-electron chi connectivity index (χ0n) is 18.1. The molecule has 2 unspecified atom stereocenters. The highest BCUT2D eigenvalue weighted by Gasteiger charge is 2.35. The van der Waals surface area contributed by atoms with E-state index in [0.29, 0.717) is 5.92 Å². The maximum Gasteiger partial charge on any atom is 0.186 e. The molecule has 162 valence electrons. The SMILES string of the molecule is O=C(c1c[nH]c2ccccc12)C(c1ccccc1)N1CCCC(c2nnc3n2CCC3)C1. The van der Waals surface area contributed by atoms with Crippen LogP contribution in [0.25, 0.3) is 10.9 Å². The summed E-state index contributed by atoms with van der Waals surface area (Å²) in [6, 6.07) is 17.9. The summed E-state index contributed by atoms with van der Waals surface area (Å²) in [5, 5.41) is 9.98. The molecule has 1 N–H and O–H groups in total. The number of fused-ring (bicyclic) bond motifs is 2. The number of carbonyl (C=O) groups excluding carboxylic acids is 1. The normalized spacial score (nSPS) is 19.8. The molecule has 1 saturated heterocycles. The summed E-state index contributed by atoms with van der Waals surface area (Å²) in [5.41, 5.74) is 2.81. The number of aryl methyl sites for hydroxylation is 1. The van der Waals surface area contributed by atoms with Gasteiger partial charge in [-0.1, -0.05) is 48.5 Å². The molecule has 2 aliphatic rings. The standard InChI is InChI=1S/C26H27N5O/c32-25(21-16-27-22-12-5-4-11-20(21)22)24(18-8-2-1-3-9-18)30-14-6-10-19(17-30)26-29-28-23-13-7-15-31(23)26/h1-5,8-9,11-12,16,19,24,27H,6-7,10,13-15,17H2. The molecule has 2 atom stereocenters. The van der Waals surface area contributed by atoms with Gasteiger partial charge in [0.25, 0.3) is 0 Å². The average Bonchev–Trinajstić information content (AvgIpc) is 3.56. The number of hydrogen-bond acceptors (Lipinski definition) is 4. The third-order valence-electron chi connectivity index (χ3n) is 7.04. The zero-order chi connectivity index (χ0) is 21.5. The number of aromatic nitrogens is 4. The van der Waals surface area contributed by atoms with Gasteiger partial charge in [-0.05, 0) is 37.4 Å². The van der Waals surface area contributed by atoms with Gasteiger partial charge in [0, 0.05) is 48.1 Å². The van der Waals surface area contributed by atoms with Crippen LogP contribution < -0.4 is 0 Å². The first-order chi connectivity index (χ1) is 15.8. The Kier molecular flexibility index (Phi) is 4.87. The molecule has 4 heterocycles. The summed E-state index contributed by atoms with van der Waals surface area (Å²) in [6.07, 6.45) is 6.19. The maximum atomic E-state index is 14.0. The second-order valence-electron chi connectivity index (χ2n) is 8.99. The lowest BCUT2D eigenvalue weighted by atomic mass is 9.90. The van der Waals surface area contributed by atoms with Crippen molar-refractivity contribution in [1.29, 1.82) is 0 Å². The van der Waals surface area contributed by atoms with Crippen LogP contribution in [0, 0.1) is 0 Å². The van der Waals surface area contributed by atoms with Crippen LogP contribution in [0.15, 0.2) is 60.8 Å². The summed E-state index contributed by atoms with van der Waals surface area (Å²) in [7, 11) is 0. The Morgan fingerprint density at radius 1 is 1.00 bits per heavy atom. The Hall–Kier alpha value is -3.25. The summed E-state index contributed by atoms with van der Waals surface area (Å²) in [5.74, 6) is 2.69. The van der Waals surface area contributed by atoms with E-state index >= 15 is 0 Å². The fourth-order valence-corrected chi connectivity index (χ4v) is 5.51. The number of nitrogens with one attached hydrogen (secondary N) is 1. The van der Waals surface area contributed by atoms with Crippen molar-refractivity contribution in [3.63, 3.8) is 0 Å². The van der Waals surface area contributed by atoms with Crippen LogP contribution in [-0.2, 0) is 13.0 Å². The minimum absolute atomic E-state index is 0.153. The number of nitrogens with zero attached hydrogens (tertiary/aromatic N) is 4. The van der Waals surface area contributed by atoms with Gasteiger partial charge in [0.2, 0.25) is 0 Å². The van der Waals surface area contributed by atoms with Crippen LogP contribution in [0.2, 0.25) is 0 Å².